The van der Waals surface area contributed by atoms with Crippen LogP contribution in [0.15, 0.2) is 53.4 Å². The van der Waals surface area contributed by atoms with Crippen LogP contribution in [0.3, 0.4) is 0 Å². The van der Waals surface area contributed by atoms with Gasteiger partial charge in [-0.05, 0) is 56.2 Å². The van der Waals surface area contributed by atoms with Gasteiger partial charge in [0, 0.05) is 31.7 Å². The van der Waals surface area contributed by atoms with E-state index in [1.54, 1.807) is 24.3 Å². The van der Waals surface area contributed by atoms with Crippen molar-refractivity contribution in [1.29, 1.82) is 0 Å². The van der Waals surface area contributed by atoms with Crippen LogP contribution in [0.4, 0.5) is 18.9 Å². The summed E-state index contributed by atoms with van der Waals surface area (Å²) in [5.74, 6) is -0.954. The summed E-state index contributed by atoms with van der Waals surface area (Å²) in [6.07, 6.45) is -4.05. The van der Waals surface area contributed by atoms with Crippen LogP contribution in [0.5, 0.6) is 5.75 Å². The van der Waals surface area contributed by atoms with Crippen LogP contribution in [0.2, 0.25) is 0 Å². The zero-order valence-corrected chi connectivity index (χ0v) is 17.9. The molecule has 0 aliphatic carbocycles. The van der Waals surface area contributed by atoms with E-state index in [9.17, 15) is 26.4 Å². The first-order valence-corrected chi connectivity index (χ1v) is 11.1. The molecule has 1 aliphatic heterocycles. The van der Waals surface area contributed by atoms with Gasteiger partial charge >= 0.3 is 6.36 Å². The Balaban J connectivity index is 1.61. The van der Waals surface area contributed by atoms with Crippen molar-refractivity contribution in [3.05, 3.63) is 54.1 Å². The highest BCUT2D eigenvalue weighted by Gasteiger charge is 2.34. The molecule has 31 heavy (non-hydrogen) atoms. The fraction of sp³-hybridized carbons (Fsp3) is 0.381. The zero-order chi connectivity index (χ0) is 22.8. The van der Waals surface area contributed by atoms with Crippen molar-refractivity contribution in [3.8, 4) is 5.75 Å². The molecule has 0 spiro atoms. The normalized spacial score (nSPS) is 16.2. The maximum atomic E-state index is 12.8. The van der Waals surface area contributed by atoms with Gasteiger partial charge in [0.2, 0.25) is 15.9 Å². The molecule has 0 aromatic heterocycles. The van der Waals surface area contributed by atoms with Gasteiger partial charge in [0.25, 0.3) is 0 Å². The van der Waals surface area contributed by atoms with Crippen LogP contribution in [-0.4, -0.2) is 45.1 Å². The Hall–Kier alpha value is -2.59. The third-order valence-corrected chi connectivity index (χ3v) is 7.16. The number of anilines is 1. The molecule has 0 saturated carbocycles. The van der Waals surface area contributed by atoms with Crippen LogP contribution in [0.1, 0.15) is 18.4 Å². The van der Waals surface area contributed by atoms with Gasteiger partial charge in [0.05, 0.1) is 4.90 Å². The molecule has 2 aromatic rings. The number of hydrogen-bond acceptors (Lipinski definition) is 4. The second-order valence-corrected chi connectivity index (χ2v) is 9.37. The molecule has 3 rings (SSSR count). The molecule has 0 bridgehead atoms. The minimum absolute atomic E-state index is 0.211. The fourth-order valence-corrected chi connectivity index (χ4v) is 4.94. The molecule has 168 valence electrons. The minimum atomic E-state index is -4.78. The van der Waals surface area contributed by atoms with E-state index in [0.717, 1.165) is 17.7 Å². The van der Waals surface area contributed by atoms with Gasteiger partial charge in [-0.25, -0.2) is 8.42 Å². The van der Waals surface area contributed by atoms with Gasteiger partial charge in [-0.3, -0.25) is 4.79 Å². The minimum Gasteiger partial charge on any atom is -0.406 e. The number of ether oxygens (including phenoxy) is 1. The molecule has 0 N–H and O–H groups in total. The summed E-state index contributed by atoms with van der Waals surface area (Å²) in [4.78, 5) is 14.4. The van der Waals surface area contributed by atoms with Crippen molar-refractivity contribution >= 4 is 21.6 Å². The number of carbonyl (C=O) groups is 1. The van der Waals surface area contributed by atoms with Gasteiger partial charge in [-0.1, -0.05) is 17.7 Å². The lowest BCUT2D eigenvalue weighted by molar-refractivity contribution is -0.274. The molecule has 0 atom stereocenters. The van der Waals surface area contributed by atoms with Gasteiger partial charge in [-0.2, -0.15) is 4.31 Å². The SMILES string of the molecule is Cc1ccc(S(=O)(=O)N2CCC(C(=O)N(C)c3ccc(OC(F)(F)F)cc3)CC2)cc1. The molecular weight excluding hydrogens is 433 g/mol. The second kappa shape index (κ2) is 8.88. The highest BCUT2D eigenvalue weighted by atomic mass is 32.2. The second-order valence-electron chi connectivity index (χ2n) is 7.43. The quantitative estimate of drug-likeness (QED) is 0.683. The third kappa shape index (κ3) is 5.56. The predicted molar refractivity (Wildman–Crippen MR) is 109 cm³/mol. The Morgan fingerprint density at radius 3 is 2.10 bits per heavy atom. The van der Waals surface area contributed by atoms with Crippen LogP contribution in [-0.2, 0) is 14.8 Å². The summed E-state index contributed by atoms with van der Waals surface area (Å²) in [5.41, 5.74) is 1.39. The maximum Gasteiger partial charge on any atom is 0.573 e. The van der Waals surface area contributed by atoms with E-state index in [4.69, 9.17) is 0 Å². The Kier molecular flexibility index (Phi) is 6.61. The first kappa shape index (κ1) is 23.1. The molecule has 6 nitrogen and oxygen atoms in total. The van der Waals surface area contributed by atoms with E-state index < -0.39 is 16.4 Å². The van der Waals surface area contributed by atoms with E-state index in [-0.39, 0.29) is 35.6 Å². The van der Waals surface area contributed by atoms with Gasteiger partial charge < -0.3 is 9.64 Å². The Labute approximate surface area is 179 Å². The average Bonchev–Trinajstić information content (AvgIpc) is 2.72. The summed E-state index contributed by atoms with van der Waals surface area (Å²) in [6.45, 7) is 2.32. The molecule has 10 heteroatoms. The van der Waals surface area contributed by atoms with Crippen LogP contribution >= 0.6 is 0 Å². The lowest BCUT2D eigenvalue weighted by Gasteiger charge is -2.32. The van der Waals surface area contributed by atoms with Gasteiger partial charge in [-0.15, -0.1) is 13.2 Å². The highest BCUT2D eigenvalue weighted by molar-refractivity contribution is 7.89. The summed E-state index contributed by atoms with van der Waals surface area (Å²) in [7, 11) is -2.08. The molecule has 1 saturated heterocycles. The maximum absolute atomic E-state index is 12.8. The molecule has 0 unspecified atom stereocenters. The number of amides is 1. The number of piperidine rings is 1. The van der Waals surface area contributed by atoms with E-state index in [0.29, 0.717) is 18.5 Å². The number of nitrogens with zero attached hydrogens (tertiary/aromatic N) is 2. The van der Waals surface area contributed by atoms with Crippen molar-refractivity contribution in [2.24, 2.45) is 5.92 Å². The summed E-state index contributed by atoms with van der Waals surface area (Å²) >= 11 is 0. The molecule has 1 fully saturated rings. The fourth-order valence-electron chi connectivity index (χ4n) is 3.47. The Bertz CT molecular complexity index is 1010. The number of alkyl halides is 3. The smallest absolute Gasteiger partial charge is 0.406 e. The summed E-state index contributed by atoms with van der Waals surface area (Å²) in [5, 5.41) is 0. The Morgan fingerprint density at radius 1 is 1.03 bits per heavy atom. The number of rotatable bonds is 5. The van der Waals surface area contributed by atoms with Crippen LogP contribution in [0, 0.1) is 12.8 Å². The lowest BCUT2D eigenvalue weighted by Crippen LogP contribution is -2.43. The number of aryl methyl sites for hydroxylation is 1. The van der Waals surface area contributed by atoms with E-state index >= 15 is 0 Å². The number of hydrogen-bond donors (Lipinski definition) is 0. The van der Waals surface area contributed by atoms with Crippen LogP contribution in [0.25, 0.3) is 0 Å². The number of sulfonamides is 1. The van der Waals surface area contributed by atoms with Crippen molar-refractivity contribution in [1.82, 2.24) is 4.31 Å². The first-order valence-electron chi connectivity index (χ1n) is 9.67. The zero-order valence-electron chi connectivity index (χ0n) is 17.1. The van der Waals surface area contributed by atoms with Crippen molar-refractivity contribution < 1.29 is 31.1 Å². The molecule has 1 heterocycles. The largest absolute Gasteiger partial charge is 0.573 e. The summed E-state index contributed by atoms with van der Waals surface area (Å²) in [6, 6.07) is 11.6. The summed E-state index contributed by atoms with van der Waals surface area (Å²) < 4.78 is 67.7. The molecular formula is C21H23F3N2O4S. The monoisotopic (exact) mass is 456 g/mol. The molecule has 2 aromatic carbocycles. The lowest BCUT2D eigenvalue weighted by atomic mass is 9.96. The standard InChI is InChI=1S/C21H23F3N2O4S/c1-15-3-9-19(10-4-15)31(28,29)26-13-11-16(12-14-26)20(27)25(2)17-5-7-18(8-6-17)30-21(22,23)24/h3-10,16H,11-14H2,1-2H3. The topological polar surface area (TPSA) is 66.9 Å². The Morgan fingerprint density at radius 2 is 1.58 bits per heavy atom. The molecule has 1 amide bonds. The van der Waals surface area contributed by atoms with Crippen molar-refractivity contribution in [2.45, 2.75) is 31.0 Å². The van der Waals surface area contributed by atoms with E-state index in [1.807, 2.05) is 6.92 Å². The first-order chi connectivity index (χ1) is 14.5. The molecule has 0 radical (unpaired) electrons. The third-order valence-electron chi connectivity index (χ3n) is 5.25. The number of halogens is 3. The highest BCUT2D eigenvalue weighted by Crippen LogP contribution is 2.28. The predicted octanol–water partition coefficient (Wildman–Crippen LogP) is 3.96. The van der Waals surface area contributed by atoms with Crippen molar-refractivity contribution in [3.63, 3.8) is 0 Å². The van der Waals surface area contributed by atoms with Crippen molar-refractivity contribution in [2.75, 3.05) is 25.0 Å². The number of benzene rings is 2. The van der Waals surface area contributed by atoms with E-state index in [1.165, 1.54) is 28.4 Å². The number of carbonyl (C=O) groups excluding carboxylic acids is 1. The van der Waals surface area contributed by atoms with E-state index in [2.05, 4.69) is 4.74 Å². The van der Waals surface area contributed by atoms with Gasteiger partial charge in [0.15, 0.2) is 0 Å². The van der Waals surface area contributed by atoms with Crippen LogP contribution < -0.4 is 9.64 Å². The molecule has 1 aliphatic rings. The average molecular weight is 456 g/mol. The van der Waals surface area contributed by atoms with Gasteiger partial charge in [0.1, 0.15) is 5.75 Å².